The van der Waals surface area contributed by atoms with E-state index in [1.165, 1.54) is 6.33 Å². The molecule has 0 radical (unpaired) electrons. The van der Waals surface area contributed by atoms with Crippen LogP contribution in [-0.4, -0.2) is 34.4 Å². The minimum atomic E-state index is -0.121. The van der Waals surface area contributed by atoms with E-state index in [-0.39, 0.29) is 5.91 Å². The van der Waals surface area contributed by atoms with Crippen LogP contribution in [0.15, 0.2) is 49.4 Å². The maximum absolute atomic E-state index is 12.7. The summed E-state index contributed by atoms with van der Waals surface area (Å²) in [6, 6.07) is 7.64. The van der Waals surface area contributed by atoms with Crippen molar-refractivity contribution < 1.29 is 9.53 Å². The first kappa shape index (κ1) is 15.7. The molecule has 0 atom stereocenters. The summed E-state index contributed by atoms with van der Waals surface area (Å²) in [5.41, 5.74) is 2.10. The molecule has 114 valence electrons. The molecule has 2 rings (SSSR count). The van der Waals surface area contributed by atoms with E-state index in [1.807, 2.05) is 24.3 Å². The van der Waals surface area contributed by atoms with Crippen LogP contribution < -0.4 is 4.74 Å². The number of rotatable bonds is 6. The van der Waals surface area contributed by atoms with E-state index in [2.05, 4.69) is 16.5 Å². The number of benzene rings is 1. The van der Waals surface area contributed by atoms with Crippen LogP contribution in [0.1, 0.15) is 21.6 Å². The first-order valence-electron chi connectivity index (χ1n) is 6.96. The molecule has 0 N–H and O–H groups in total. The Bertz CT molecular complexity index is 670. The van der Waals surface area contributed by atoms with Crippen molar-refractivity contribution >= 4 is 5.91 Å². The molecule has 5 heteroatoms. The van der Waals surface area contributed by atoms with E-state index in [4.69, 9.17) is 4.74 Å². The summed E-state index contributed by atoms with van der Waals surface area (Å²) >= 11 is 0. The molecule has 1 aromatic carbocycles. The lowest BCUT2D eigenvalue weighted by Gasteiger charge is -2.22. The largest absolute Gasteiger partial charge is 0.496 e. The zero-order valence-electron chi connectivity index (χ0n) is 12.8. The Kier molecular flexibility index (Phi) is 5.25. The Morgan fingerprint density at radius 1 is 1.41 bits per heavy atom. The van der Waals surface area contributed by atoms with Gasteiger partial charge in [0.05, 0.1) is 18.4 Å². The van der Waals surface area contributed by atoms with Gasteiger partial charge in [0.25, 0.3) is 5.91 Å². The lowest BCUT2D eigenvalue weighted by molar-refractivity contribution is 0.0760. The van der Waals surface area contributed by atoms with Crippen molar-refractivity contribution in [3.8, 4) is 5.75 Å². The summed E-state index contributed by atoms with van der Waals surface area (Å²) in [6.07, 6.45) is 4.68. The van der Waals surface area contributed by atoms with Crippen LogP contribution in [0.25, 0.3) is 0 Å². The van der Waals surface area contributed by atoms with Crippen molar-refractivity contribution in [3.63, 3.8) is 0 Å². The minimum absolute atomic E-state index is 0.121. The molecule has 5 nitrogen and oxygen atoms in total. The van der Waals surface area contributed by atoms with E-state index in [0.29, 0.717) is 24.3 Å². The number of nitrogens with zero attached hydrogens (tertiary/aromatic N) is 3. The van der Waals surface area contributed by atoms with Gasteiger partial charge < -0.3 is 9.64 Å². The number of amides is 1. The van der Waals surface area contributed by atoms with Gasteiger partial charge in [-0.3, -0.25) is 4.79 Å². The number of aryl methyl sites for hydroxylation is 1. The predicted molar refractivity (Wildman–Crippen MR) is 84.7 cm³/mol. The normalized spacial score (nSPS) is 10.1. The number of hydrogen-bond donors (Lipinski definition) is 0. The van der Waals surface area contributed by atoms with Gasteiger partial charge in [0, 0.05) is 24.8 Å². The molecule has 0 bridgehead atoms. The van der Waals surface area contributed by atoms with E-state index in [0.717, 1.165) is 11.3 Å². The number of para-hydroxylation sites is 1. The fourth-order valence-corrected chi connectivity index (χ4v) is 2.19. The van der Waals surface area contributed by atoms with Crippen molar-refractivity contribution in [1.82, 2.24) is 14.9 Å². The van der Waals surface area contributed by atoms with Crippen LogP contribution >= 0.6 is 0 Å². The molecule has 0 fully saturated rings. The van der Waals surface area contributed by atoms with E-state index < -0.39 is 0 Å². The zero-order valence-corrected chi connectivity index (χ0v) is 12.8. The molecule has 1 amide bonds. The fourth-order valence-electron chi connectivity index (χ4n) is 2.19. The zero-order chi connectivity index (χ0) is 15.9. The van der Waals surface area contributed by atoms with E-state index in [9.17, 15) is 4.79 Å². The predicted octanol–water partition coefficient (Wildman–Crippen LogP) is 2.62. The quantitative estimate of drug-likeness (QED) is 0.769. The van der Waals surface area contributed by atoms with Gasteiger partial charge in [0.1, 0.15) is 12.1 Å². The standard InChI is InChI=1S/C17H19N3O2/c1-4-9-20(11-14-7-5-6-8-16(14)22-3)17(21)15-10-18-12-19-13(15)2/h4-8,10,12H,1,9,11H2,2-3H3. The smallest absolute Gasteiger partial charge is 0.257 e. The maximum atomic E-state index is 12.7. The number of hydrogen-bond acceptors (Lipinski definition) is 4. The second-order valence-electron chi connectivity index (χ2n) is 4.81. The molecule has 0 saturated heterocycles. The number of methoxy groups -OCH3 is 1. The highest BCUT2D eigenvalue weighted by Crippen LogP contribution is 2.20. The molecule has 2 aromatic rings. The first-order chi connectivity index (χ1) is 10.7. The van der Waals surface area contributed by atoms with Crippen LogP contribution in [0.4, 0.5) is 0 Å². The number of carbonyl (C=O) groups excluding carboxylic acids is 1. The van der Waals surface area contributed by atoms with Gasteiger partial charge in [-0.05, 0) is 13.0 Å². The molecular formula is C17H19N3O2. The monoisotopic (exact) mass is 297 g/mol. The van der Waals surface area contributed by atoms with E-state index in [1.54, 1.807) is 31.2 Å². The Morgan fingerprint density at radius 3 is 2.86 bits per heavy atom. The van der Waals surface area contributed by atoms with Crippen molar-refractivity contribution in [2.75, 3.05) is 13.7 Å². The third-order valence-corrected chi connectivity index (χ3v) is 3.33. The molecule has 0 aliphatic carbocycles. The second kappa shape index (κ2) is 7.36. The summed E-state index contributed by atoms with van der Waals surface area (Å²) < 4.78 is 5.35. The second-order valence-corrected chi connectivity index (χ2v) is 4.81. The SMILES string of the molecule is C=CCN(Cc1ccccc1OC)C(=O)c1cncnc1C. The molecular weight excluding hydrogens is 278 g/mol. The van der Waals surface area contributed by atoms with E-state index >= 15 is 0 Å². The lowest BCUT2D eigenvalue weighted by Crippen LogP contribution is -2.31. The Balaban J connectivity index is 2.28. The molecule has 1 heterocycles. The van der Waals surface area contributed by atoms with Gasteiger partial charge in [0.15, 0.2) is 0 Å². The van der Waals surface area contributed by atoms with Crippen molar-refractivity contribution in [3.05, 3.63) is 66.3 Å². The fraction of sp³-hybridized carbons (Fsp3) is 0.235. The van der Waals surface area contributed by atoms with Crippen molar-refractivity contribution in [2.45, 2.75) is 13.5 Å². The summed E-state index contributed by atoms with van der Waals surface area (Å²) in [5.74, 6) is 0.634. The highest BCUT2D eigenvalue weighted by Gasteiger charge is 2.19. The molecule has 0 saturated carbocycles. The summed E-state index contributed by atoms with van der Waals surface area (Å²) in [7, 11) is 1.62. The van der Waals surface area contributed by atoms with Gasteiger partial charge in [-0.1, -0.05) is 24.3 Å². The molecule has 1 aromatic heterocycles. The number of ether oxygens (including phenoxy) is 1. The van der Waals surface area contributed by atoms with Gasteiger partial charge in [-0.2, -0.15) is 0 Å². The molecule has 22 heavy (non-hydrogen) atoms. The minimum Gasteiger partial charge on any atom is -0.496 e. The number of carbonyl (C=O) groups is 1. The highest BCUT2D eigenvalue weighted by atomic mass is 16.5. The Morgan fingerprint density at radius 2 is 2.18 bits per heavy atom. The van der Waals surface area contributed by atoms with Gasteiger partial charge >= 0.3 is 0 Å². The summed E-state index contributed by atoms with van der Waals surface area (Å²) in [4.78, 5) is 22.4. The van der Waals surface area contributed by atoms with Crippen LogP contribution in [0.3, 0.4) is 0 Å². The Hall–Kier alpha value is -2.69. The molecule has 0 aliphatic rings. The summed E-state index contributed by atoms with van der Waals surface area (Å²) in [5, 5.41) is 0. The topological polar surface area (TPSA) is 55.3 Å². The maximum Gasteiger partial charge on any atom is 0.257 e. The van der Waals surface area contributed by atoms with Crippen LogP contribution in [-0.2, 0) is 6.54 Å². The van der Waals surface area contributed by atoms with Crippen LogP contribution in [0.2, 0.25) is 0 Å². The lowest BCUT2D eigenvalue weighted by atomic mass is 10.1. The van der Waals surface area contributed by atoms with Crippen molar-refractivity contribution in [2.24, 2.45) is 0 Å². The Labute approximate surface area is 130 Å². The average molecular weight is 297 g/mol. The van der Waals surface area contributed by atoms with Gasteiger partial charge in [0.2, 0.25) is 0 Å². The average Bonchev–Trinajstić information content (AvgIpc) is 2.55. The molecule has 0 unspecified atom stereocenters. The van der Waals surface area contributed by atoms with Crippen LogP contribution in [0.5, 0.6) is 5.75 Å². The van der Waals surface area contributed by atoms with Crippen LogP contribution in [0, 0.1) is 6.92 Å². The third kappa shape index (κ3) is 3.49. The summed E-state index contributed by atoms with van der Waals surface area (Å²) in [6.45, 7) is 6.39. The van der Waals surface area contributed by atoms with Crippen molar-refractivity contribution in [1.29, 1.82) is 0 Å². The number of aromatic nitrogens is 2. The van der Waals surface area contributed by atoms with Gasteiger partial charge in [-0.25, -0.2) is 9.97 Å². The molecule has 0 spiro atoms. The molecule has 0 aliphatic heterocycles. The van der Waals surface area contributed by atoms with Gasteiger partial charge in [-0.15, -0.1) is 6.58 Å². The highest BCUT2D eigenvalue weighted by molar-refractivity contribution is 5.95. The third-order valence-electron chi connectivity index (χ3n) is 3.33. The first-order valence-corrected chi connectivity index (χ1v) is 6.96.